The first kappa shape index (κ1) is 12.4. The van der Waals surface area contributed by atoms with Crippen LogP contribution in [0.1, 0.15) is 24.9 Å². The number of hydrogen-bond donors (Lipinski definition) is 1. The first-order valence-corrected chi connectivity index (χ1v) is 6.47. The second-order valence-electron chi connectivity index (χ2n) is 3.87. The molecule has 0 aromatic carbocycles. The summed E-state index contributed by atoms with van der Waals surface area (Å²) in [7, 11) is 1.66. The smallest absolute Gasteiger partial charge is 0.195 e. The van der Waals surface area contributed by atoms with E-state index in [1.165, 1.54) is 0 Å². The highest BCUT2D eigenvalue weighted by atomic mass is 32.1. The second kappa shape index (κ2) is 5.07. The lowest BCUT2D eigenvalue weighted by Gasteiger charge is -2.08. The van der Waals surface area contributed by atoms with Gasteiger partial charge in [0.25, 0.3) is 0 Å². The summed E-state index contributed by atoms with van der Waals surface area (Å²) in [6, 6.07) is 0.268. The second-order valence-corrected chi connectivity index (χ2v) is 5.37. The average Bonchev–Trinajstić information content (AvgIpc) is 2.84. The molecular formula is C10H14N4OS2. The molecule has 0 radical (unpaired) electrons. The standard InChI is InChI=1S/C10H14N4OS2/c1-6(2)14-9(12-13-10(14)16)7-4-11-8(17-7)5-15-3/h4,6H,5H2,1-3H3,(H,13,16). The van der Waals surface area contributed by atoms with Crippen molar-refractivity contribution >= 4 is 23.6 Å². The Bertz CT molecular complexity index is 555. The van der Waals surface area contributed by atoms with Gasteiger partial charge in [-0.15, -0.1) is 11.3 Å². The van der Waals surface area contributed by atoms with Gasteiger partial charge in [-0.25, -0.2) is 4.98 Å². The first-order chi connectivity index (χ1) is 8.13. The lowest BCUT2D eigenvalue weighted by Crippen LogP contribution is -2.02. The van der Waals surface area contributed by atoms with Crippen LogP contribution >= 0.6 is 23.6 Å². The third-order valence-electron chi connectivity index (χ3n) is 2.26. The molecule has 0 unspecified atom stereocenters. The minimum Gasteiger partial charge on any atom is -0.378 e. The molecule has 0 bridgehead atoms. The molecule has 1 N–H and O–H groups in total. The zero-order valence-electron chi connectivity index (χ0n) is 9.93. The van der Waals surface area contributed by atoms with Crippen molar-refractivity contribution < 1.29 is 4.74 Å². The molecule has 2 aromatic heterocycles. The fraction of sp³-hybridized carbons (Fsp3) is 0.500. The fourth-order valence-electron chi connectivity index (χ4n) is 1.56. The van der Waals surface area contributed by atoms with Crippen LogP contribution < -0.4 is 0 Å². The van der Waals surface area contributed by atoms with Gasteiger partial charge < -0.3 is 4.74 Å². The molecule has 0 amide bonds. The topological polar surface area (TPSA) is 55.7 Å². The Morgan fingerprint density at radius 2 is 2.35 bits per heavy atom. The molecule has 0 saturated heterocycles. The van der Waals surface area contributed by atoms with Crippen molar-refractivity contribution in [3.63, 3.8) is 0 Å². The lowest BCUT2D eigenvalue weighted by molar-refractivity contribution is 0.184. The predicted molar refractivity (Wildman–Crippen MR) is 69.6 cm³/mol. The maximum Gasteiger partial charge on any atom is 0.195 e. The third kappa shape index (κ3) is 2.46. The van der Waals surface area contributed by atoms with Crippen LogP contribution in [0.2, 0.25) is 0 Å². The van der Waals surface area contributed by atoms with E-state index in [0.29, 0.717) is 11.4 Å². The van der Waals surface area contributed by atoms with Gasteiger partial charge >= 0.3 is 0 Å². The number of aromatic amines is 1. The van der Waals surface area contributed by atoms with Crippen molar-refractivity contribution in [2.45, 2.75) is 26.5 Å². The highest BCUT2D eigenvalue weighted by molar-refractivity contribution is 7.71. The van der Waals surface area contributed by atoms with Gasteiger partial charge in [0.1, 0.15) is 5.01 Å². The highest BCUT2D eigenvalue weighted by Gasteiger charge is 2.14. The van der Waals surface area contributed by atoms with E-state index < -0.39 is 0 Å². The molecule has 2 rings (SSSR count). The molecule has 0 atom stereocenters. The number of thiazole rings is 1. The number of aromatic nitrogens is 4. The van der Waals surface area contributed by atoms with E-state index in [0.717, 1.165) is 15.7 Å². The molecule has 0 aliphatic heterocycles. The molecular weight excluding hydrogens is 256 g/mol. The number of hydrogen-bond acceptors (Lipinski definition) is 5. The number of rotatable bonds is 4. The Kier molecular flexibility index (Phi) is 3.70. The van der Waals surface area contributed by atoms with Crippen LogP contribution in [-0.4, -0.2) is 26.9 Å². The van der Waals surface area contributed by atoms with Crippen LogP contribution in [0.15, 0.2) is 6.20 Å². The van der Waals surface area contributed by atoms with E-state index in [-0.39, 0.29) is 6.04 Å². The van der Waals surface area contributed by atoms with E-state index in [4.69, 9.17) is 17.0 Å². The van der Waals surface area contributed by atoms with Gasteiger partial charge in [0.05, 0.1) is 11.5 Å². The molecule has 2 heterocycles. The number of nitrogens with zero attached hydrogens (tertiary/aromatic N) is 3. The van der Waals surface area contributed by atoms with Crippen LogP contribution in [0.25, 0.3) is 10.7 Å². The van der Waals surface area contributed by atoms with Gasteiger partial charge in [0.15, 0.2) is 10.6 Å². The first-order valence-electron chi connectivity index (χ1n) is 5.24. The molecule has 0 saturated carbocycles. The van der Waals surface area contributed by atoms with Gasteiger partial charge in [-0.05, 0) is 26.1 Å². The molecule has 0 aliphatic carbocycles. The Balaban J connectivity index is 2.42. The van der Waals surface area contributed by atoms with Crippen molar-refractivity contribution in [3.05, 3.63) is 16.0 Å². The lowest BCUT2D eigenvalue weighted by atomic mass is 10.3. The molecule has 17 heavy (non-hydrogen) atoms. The molecule has 7 heteroatoms. The number of ether oxygens (including phenoxy) is 1. The fourth-order valence-corrected chi connectivity index (χ4v) is 2.78. The summed E-state index contributed by atoms with van der Waals surface area (Å²) in [5.41, 5.74) is 0. The van der Waals surface area contributed by atoms with Crippen molar-refractivity contribution in [3.8, 4) is 10.7 Å². The zero-order chi connectivity index (χ0) is 12.4. The molecule has 2 aromatic rings. The van der Waals surface area contributed by atoms with E-state index in [1.807, 2.05) is 10.8 Å². The van der Waals surface area contributed by atoms with Crippen molar-refractivity contribution in [2.75, 3.05) is 7.11 Å². The summed E-state index contributed by atoms with van der Waals surface area (Å²) in [5, 5.41) is 8.01. The maximum absolute atomic E-state index is 5.21. The number of H-pyrrole nitrogens is 1. The van der Waals surface area contributed by atoms with E-state index in [9.17, 15) is 0 Å². The summed E-state index contributed by atoms with van der Waals surface area (Å²) in [5.74, 6) is 0.838. The zero-order valence-corrected chi connectivity index (χ0v) is 11.6. The number of nitrogens with one attached hydrogen (secondary N) is 1. The quantitative estimate of drug-likeness (QED) is 0.868. The van der Waals surface area contributed by atoms with E-state index in [2.05, 4.69) is 29.0 Å². The summed E-state index contributed by atoms with van der Waals surface area (Å²) in [6.45, 7) is 4.68. The van der Waals surface area contributed by atoms with E-state index in [1.54, 1.807) is 18.4 Å². The van der Waals surface area contributed by atoms with Crippen LogP contribution in [0, 0.1) is 4.77 Å². The molecule has 5 nitrogen and oxygen atoms in total. The minimum atomic E-state index is 0.268. The van der Waals surface area contributed by atoms with Crippen molar-refractivity contribution in [2.24, 2.45) is 0 Å². The summed E-state index contributed by atoms with van der Waals surface area (Å²) in [6.07, 6.45) is 1.81. The van der Waals surface area contributed by atoms with Crippen LogP contribution in [0.4, 0.5) is 0 Å². The maximum atomic E-state index is 5.21. The van der Waals surface area contributed by atoms with Crippen molar-refractivity contribution in [1.82, 2.24) is 19.7 Å². The normalized spacial score (nSPS) is 11.3. The van der Waals surface area contributed by atoms with Gasteiger partial charge in [-0.2, -0.15) is 5.10 Å². The largest absolute Gasteiger partial charge is 0.378 e. The van der Waals surface area contributed by atoms with Gasteiger partial charge in [0.2, 0.25) is 0 Å². The minimum absolute atomic E-state index is 0.268. The van der Waals surface area contributed by atoms with E-state index >= 15 is 0 Å². The van der Waals surface area contributed by atoms with Gasteiger partial charge in [-0.3, -0.25) is 9.67 Å². The molecule has 0 aliphatic rings. The Morgan fingerprint density at radius 1 is 1.59 bits per heavy atom. The Labute approximate surface area is 108 Å². The highest BCUT2D eigenvalue weighted by Crippen LogP contribution is 2.26. The summed E-state index contributed by atoms with van der Waals surface area (Å²) < 4.78 is 7.67. The van der Waals surface area contributed by atoms with Crippen LogP contribution in [-0.2, 0) is 11.3 Å². The number of methoxy groups -OCH3 is 1. The summed E-state index contributed by atoms with van der Waals surface area (Å²) in [4.78, 5) is 5.28. The van der Waals surface area contributed by atoms with Crippen LogP contribution in [0.5, 0.6) is 0 Å². The molecule has 0 fully saturated rings. The third-order valence-corrected chi connectivity index (χ3v) is 3.52. The SMILES string of the molecule is COCc1ncc(-c2n[nH]c(=S)n2C(C)C)s1. The van der Waals surface area contributed by atoms with Crippen molar-refractivity contribution in [1.29, 1.82) is 0 Å². The average molecular weight is 270 g/mol. The van der Waals surface area contributed by atoms with Gasteiger partial charge in [0, 0.05) is 19.3 Å². The Morgan fingerprint density at radius 3 is 3.00 bits per heavy atom. The monoisotopic (exact) mass is 270 g/mol. The summed E-state index contributed by atoms with van der Waals surface area (Å²) >= 11 is 6.78. The van der Waals surface area contributed by atoms with Crippen LogP contribution in [0.3, 0.4) is 0 Å². The molecule has 92 valence electrons. The Hall–Kier alpha value is -1.05. The molecule has 0 spiro atoms. The predicted octanol–water partition coefficient (Wildman–Crippen LogP) is 2.79. The van der Waals surface area contributed by atoms with Gasteiger partial charge in [-0.1, -0.05) is 0 Å².